The van der Waals surface area contributed by atoms with Crippen LogP contribution in [0.5, 0.6) is 5.75 Å². The van der Waals surface area contributed by atoms with E-state index in [-0.39, 0.29) is 6.61 Å². The summed E-state index contributed by atoms with van der Waals surface area (Å²) in [6.45, 7) is 0.256. The molecule has 2 rings (SSSR count). The Morgan fingerprint density at radius 1 is 1.41 bits per heavy atom. The fourth-order valence-corrected chi connectivity index (χ4v) is 1.20. The molecule has 0 spiro atoms. The van der Waals surface area contributed by atoms with Gasteiger partial charge in [0.25, 0.3) is 0 Å². The van der Waals surface area contributed by atoms with Gasteiger partial charge in [-0.1, -0.05) is 18.1 Å². The number of rotatable bonds is 4. The van der Waals surface area contributed by atoms with Gasteiger partial charge in [-0.05, 0) is 17.7 Å². The molecule has 1 aromatic carbocycles. The Morgan fingerprint density at radius 2 is 2.24 bits per heavy atom. The molecule has 0 unspecified atom stereocenters. The molecule has 84 valence electrons. The van der Waals surface area contributed by atoms with E-state index >= 15 is 0 Å². The topological polar surface area (TPSA) is 52.3 Å². The van der Waals surface area contributed by atoms with E-state index in [1.807, 2.05) is 24.3 Å². The van der Waals surface area contributed by atoms with Crippen LogP contribution in [0.25, 0.3) is 0 Å². The lowest BCUT2D eigenvalue weighted by atomic mass is 10.2. The van der Waals surface area contributed by atoms with Crippen LogP contribution in [0.2, 0.25) is 0 Å². The highest BCUT2D eigenvalue weighted by Crippen LogP contribution is 2.11. The Labute approximate surface area is 98.8 Å². The highest BCUT2D eigenvalue weighted by Gasteiger charge is 1.94. The number of aromatic nitrogens is 3. The predicted molar refractivity (Wildman–Crippen MR) is 63.8 cm³/mol. The Balaban J connectivity index is 2.09. The van der Waals surface area contributed by atoms with E-state index in [1.165, 1.54) is 17.3 Å². The molecule has 5 heteroatoms. The third-order valence-electron chi connectivity index (χ3n) is 1.93. The Morgan fingerprint density at radius 3 is 3.00 bits per heavy atom. The summed E-state index contributed by atoms with van der Waals surface area (Å²) in [6, 6.07) is 7.48. The SMILES string of the molecule is C#CCOc1cccc(C=Nn2cnnc2)c1. The van der Waals surface area contributed by atoms with Crippen molar-refractivity contribution in [2.75, 3.05) is 6.61 Å². The van der Waals surface area contributed by atoms with Gasteiger partial charge in [-0.15, -0.1) is 16.6 Å². The minimum atomic E-state index is 0.256. The first-order chi connectivity index (χ1) is 8.38. The van der Waals surface area contributed by atoms with Crippen molar-refractivity contribution in [3.63, 3.8) is 0 Å². The highest BCUT2D eigenvalue weighted by molar-refractivity contribution is 5.80. The second-order valence-electron chi connectivity index (χ2n) is 3.15. The molecule has 0 saturated heterocycles. The monoisotopic (exact) mass is 226 g/mol. The number of nitrogens with zero attached hydrogens (tertiary/aromatic N) is 4. The van der Waals surface area contributed by atoms with E-state index < -0.39 is 0 Å². The van der Waals surface area contributed by atoms with Crippen molar-refractivity contribution in [3.8, 4) is 18.1 Å². The third kappa shape index (κ3) is 3.18. The lowest BCUT2D eigenvalue weighted by Crippen LogP contribution is -1.94. The molecule has 5 nitrogen and oxygen atoms in total. The fraction of sp³-hybridized carbons (Fsp3) is 0.0833. The van der Waals surface area contributed by atoms with Gasteiger partial charge in [0.2, 0.25) is 0 Å². The fourth-order valence-electron chi connectivity index (χ4n) is 1.20. The van der Waals surface area contributed by atoms with Crippen molar-refractivity contribution in [1.29, 1.82) is 0 Å². The molecule has 0 aliphatic carbocycles. The summed E-state index contributed by atoms with van der Waals surface area (Å²) < 4.78 is 6.81. The van der Waals surface area contributed by atoms with Crippen LogP contribution in [0, 0.1) is 12.3 Å². The molecule has 0 aliphatic rings. The molecule has 2 aromatic rings. The van der Waals surface area contributed by atoms with E-state index in [9.17, 15) is 0 Å². The van der Waals surface area contributed by atoms with Crippen LogP contribution in [0.15, 0.2) is 42.0 Å². The Hall–Kier alpha value is -2.61. The van der Waals surface area contributed by atoms with Crippen molar-refractivity contribution < 1.29 is 4.74 Å². The summed E-state index contributed by atoms with van der Waals surface area (Å²) in [7, 11) is 0. The van der Waals surface area contributed by atoms with Gasteiger partial charge in [-0.25, -0.2) is 4.68 Å². The van der Waals surface area contributed by atoms with E-state index in [0.29, 0.717) is 0 Å². The van der Waals surface area contributed by atoms with Crippen LogP contribution in [0.4, 0.5) is 0 Å². The van der Waals surface area contributed by atoms with Gasteiger partial charge in [0.15, 0.2) is 0 Å². The van der Waals surface area contributed by atoms with Gasteiger partial charge in [0.1, 0.15) is 25.0 Å². The summed E-state index contributed by atoms with van der Waals surface area (Å²) in [6.07, 6.45) is 9.82. The first kappa shape index (κ1) is 10.9. The second-order valence-corrected chi connectivity index (χ2v) is 3.15. The van der Waals surface area contributed by atoms with Crippen LogP contribution in [-0.4, -0.2) is 27.7 Å². The average molecular weight is 226 g/mol. The maximum absolute atomic E-state index is 5.30. The van der Waals surface area contributed by atoms with Gasteiger partial charge in [0.05, 0.1) is 6.21 Å². The van der Waals surface area contributed by atoms with Crippen molar-refractivity contribution in [2.24, 2.45) is 5.10 Å². The molecule has 1 heterocycles. The first-order valence-electron chi connectivity index (χ1n) is 4.94. The lowest BCUT2D eigenvalue weighted by Gasteiger charge is -2.02. The van der Waals surface area contributed by atoms with Gasteiger partial charge in [-0.2, -0.15) is 5.10 Å². The minimum absolute atomic E-state index is 0.256. The normalized spacial score (nSPS) is 10.3. The van der Waals surface area contributed by atoms with Crippen molar-refractivity contribution in [2.45, 2.75) is 0 Å². The molecule has 0 N–H and O–H groups in total. The summed E-state index contributed by atoms with van der Waals surface area (Å²) in [5, 5.41) is 11.4. The number of benzene rings is 1. The molecule has 0 amide bonds. The first-order valence-corrected chi connectivity index (χ1v) is 4.94. The lowest BCUT2D eigenvalue weighted by molar-refractivity contribution is 0.370. The maximum Gasteiger partial charge on any atom is 0.148 e. The van der Waals surface area contributed by atoms with Crippen molar-refractivity contribution >= 4 is 6.21 Å². The summed E-state index contributed by atoms with van der Waals surface area (Å²) in [4.78, 5) is 0. The standard InChI is InChI=1S/C12H10N4O/c1-2-6-17-12-5-3-4-11(7-12)8-15-16-9-13-14-10-16/h1,3-5,7-10H,6H2. The summed E-state index contributed by atoms with van der Waals surface area (Å²) in [5.74, 6) is 3.13. The third-order valence-corrected chi connectivity index (χ3v) is 1.93. The van der Waals surface area contributed by atoms with E-state index in [1.54, 1.807) is 6.21 Å². The number of ether oxygens (including phenoxy) is 1. The van der Waals surface area contributed by atoms with Crippen LogP contribution in [-0.2, 0) is 0 Å². The number of hydrogen-bond donors (Lipinski definition) is 0. The molecule has 1 aromatic heterocycles. The Bertz CT molecular complexity index is 540. The van der Waals surface area contributed by atoms with Crippen LogP contribution in [0.1, 0.15) is 5.56 Å². The molecule has 0 atom stereocenters. The van der Waals surface area contributed by atoms with Crippen LogP contribution < -0.4 is 4.74 Å². The zero-order valence-electron chi connectivity index (χ0n) is 9.02. The maximum atomic E-state index is 5.30. The molecule has 0 bridgehead atoms. The molecule has 0 aliphatic heterocycles. The van der Waals surface area contributed by atoms with Gasteiger partial charge >= 0.3 is 0 Å². The number of hydrogen-bond acceptors (Lipinski definition) is 4. The van der Waals surface area contributed by atoms with Gasteiger partial charge in [0, 0.05) is 0 Å². The molecule has 0 radical (unpaired) electrons. The smallest absolute Gasteiger partial charge is 0.148 e. The molecule has 0 saturated carbocycles. The minimum Gasteiger partial charge on any atom is -0.481 e. The summed E-state index contributed by atoms with van der Waals surface area (Å²) >= 11 is 0. The molecular weight excluding hydrogens is 216 g/mol. The second kappa shape index (κ2) is 5.47. The zero-order chi connectivity index (χ0) is 11.9. The summed E-state index contributed by atoms with van der Waals surface area (Å²) in [5.41, 5.74) is 0.910. The van der Waals surface area contributed by atoms with E-state index in [0.717, 1.165) is 11.3 Å². The van der Waals surface area contributed by atoms with Crippen molar-refractivity contribution in [1.82, 2.24) is 14.9 Å². The zero-order valence-corrected chi connectivity index (χ0v) is 9.02. The predicted octanol–water partition coefficient (Wildman–Crippen LogP) is 1.17. The largest absolute Gasteiger partial charge is 0.481 e. The number of terminal acetylenes is 1. The van der Waals surface area contributed by atoms with Gasteiger partial charge in [-0.3, -0.25) is 0 Å². The molecule has 0 fully saturated rings. The highest BCUT2D eigenvalue weighted by atomic mass is 16.5. The average Bonchev–Trinajstić information content (AvgIpc) is 2.87. The van der Waals surface area contributed by atoms with E-state index in [4.69, 9.17) is 11.2 Å². The van der Waals surface area contributed by atoms with Crippen LogP contribution in [0.3, 0.4) is 0 Å². The quantitative estimate of drug-likeness (QED) is 0.581. The Kier molecular flexibility index (Phi) is 3.50. The molecule has 17 heavy (non-hydrogen) atoms. The van der Waals surface area contributed by atoms with Gasteiger partial charge < -0.3 is 4.74 Å². The van der Waals surface area contributed by atoms with Crippen molar-refractivity contribution in [3.05, 3.63) is 42.5 Å². The van der Waals surface area contributed by atoms with Crippen LogP contribution >= 0.6 is 0 Å². The molecular formula is C12H10N4O. The van der Waals surface area contributed by atoms with E-state index in [2.05, 4.69) is 21.2 Å².